The molecule has 1 aliphatic carbocycles. The summed E-state index contributed by atoms with van der Waals surface area (Å²) in [4.78, 5) is 2.56. The number of hydrogen-bond acceptors (Lipinski definition) is 4. The molecule has 2 atom stereocenters. The fourth-order valence-electron chi connectivity index (χ4n) is 4.48. The van der Waals surface area contributed by atoms with Crippen molar-refractivity contribution in [1.82, 2.24) is 9.62 Å². The highest BCUT2D eigenvalue weighted by Crippen LogP contribution is 2.53. The van der Waals surface area contributed by atoms with Crippen LogP contribution in [0.15, 0.2) is 18.2 Å². The smallest absolute Gasteiger partial charge is 0.136 e. The number of likely N-dealkylation sites (tertiary alicyclic amines) is 1. The monoisotopic (exact) mass is 391 g/mol. The molecule has 1 spiro atoms. The molecule has 0 amide bonds. The van der Waals surface area contributed by atoms with Crippen LogP contribution in [0, 0.1) is 11.3 Å². The minimum absolute atomic E-state index is 0.122. The number of methoxy groups -OCH3 is 1. The van der Waals surface area contributed by atoms with Crippen LogP contribution >= 0.6 is 0 Å². The first-order valence-electron chi connectivity index (χ1n) is 10.0. The summed E-state index contributed by atoms with van der Waals surface area (Å²) >= 11 is -1.10. The summed E-state index contributed by atoms with van der Waals surface area (Å²) in [6, 6.07) is 6.53. The molecule has 0 aromatic heterocycles. The van der Waals surface area contributed by atoms with E-state index in [0.717, 1.165) is 44.6 Å². The summed E-state index contributed by atoms with van der Waals surface area (Å²) in [7, 11) is 1.71. The number of benzene rings is 1. The molecule has 2 aliphatic rings. The molecule has 151 valence electrons. The molecular weight excluding hydrogens is 356 g/mol. The highest BCUT2D eigenvalue weighted by Gasteiger charge is 2.50. The quantitative estimate of drug-likeness (QED) is 0.770. The van der Waals surface area contributed by atoms with Crippen LogP contribution in [-0.4, -0.2) is 40.9 Å². The van der Waals surface area contributed by atoms with Gasteiger partial charge in [0.1, 0.15) is 10.5 Å². The van der Waals surface area contributed by atoms with Gasteiger partial charge in [0.15, 0.2) is 0 Å². The minimum Gasteiger partial charge on any atom is -0.598 e. The van der Waals surface area contributed by atoms with Gasteiger partial charge in [0.2, 0.25) is 0 Å². The van der Waals surface area contributed by atoms with Crippen molar-refractivity contribution in [2.45, 2.75) is 64.7 Å². The second kappa shape index (κ2) is 7.94. The third-order valence-corrected chi connectivity index (χ3v) is 7.55. The Kier molecular flexibility index (Phi) is 6.17. The molecule has 1 N–H and O–H groups in total. The Morgan fingerprint density at radius 3 is 2.52 bits per heavy atom. The first-order chi connectivity index (χ1) is 12.6. The number of ether oxygens (including phenoxy) is 1. The topological polar surface area (TPSA) is 47.6 Å². The first kappa shape index (κ1) is 21.0. The van der Waals surface area contributed by atoms with Crippen LogP contribution in [0.3, 0.4) is 0 Å². The van der Waals surface area contributed by atoms with E-state index in [0.29, 0.717) is 0 Å². The number of nitrogens with zero attached hydrogens (tertiary/aromatic N) is 1. The summed E-state index contributed by atoms with van der Waals surface area (Å²) in [5.41, 5.74) is 2.80. The van der Waals surface area contributed by atoms with Crippen molar-refractivity contribution in [2.24, 2.45) is 5.41 Å². The van der Waals surface area contributed by atoms with Crippen LogP contribution in [0.5, 0.6) is 5.75 Å². The van der Waals surface area contributed by atoms with Gasteiger partial charge in [0.25, 0.3) is 0 Å². The van der Waals surface area contributed by atoms with E-state index in [-0.39, 0.29) is 16.2 Å². The number of rotatable bonds is 5. The Hall–Kier alpha value is -0.750. The first-order valence-corrected chi connectivity index (χ1v) is 11.2. The van der Waals surface area contributed by atoms with Crippen LogP contribution in [0.25, 0.3) is 0 Å². The molecule has 27 heavy (non-hydrogen) atoms. The van der Waals surface area contributed by atoms with Gasteiger partial charge in [-0.25, -0.2) is 0 Å². The highest BCUT2D eigenvalue weighted by molar-refractivity contribution is 7.90. The van der Waals surface area contributed by atoms with Crippen molar-refractivity contribution < 1.29 is 9.29 Å². The van der Waals surface area contributed by atoms with Gasteiger partial charge in [-0.3, -0.25) is 0 Å². The maximum atomic E-state index is 13.0. The molecule has 1 fully saturated rings. The number of nitrogens with one attached hydrogen (secondary N) is 1. The van der Waals surface area contributed by atoms with Crippen LogP contribution in [0.4, 0.5) is 0 Å². The Morgan fingerprint density at radius 2 is 1.96 bits per heavy atom. The number of piperidine rings is 1. The Morgan fingerprint density at radius 1 is 1.30 bits per heavy atom. The zero-order chi connectivity index (χ0) is 19.8. The van der Waals surface area contributed by atoms with E-state index in [4.69, 9.17) is 4.74 Å². The van der Waals surface area contributed by atoms with E-state index in [1.165, 1.54) is 17.0 Å². The van der Waals surface area contributed by atoms with Gasteiger partial charge in [0.05, 0.1) is 13.2 Å². The maximum Gasteiger partial charge on any atom is 0.136 e. The molecule has 0 saturated carbocycles. The Labute approximate surface area is 168 Å². The minimum atomic E-state index is -1.10. The summed E-state index contributed by atoms with van der Waals surface area (Å²) < 4.78 is 21.7. The molecule has 4 nitrogen and oxygen atoms in total. The van der Waals surface area contributed by atoms with Crippen molar-refractivity contribution in [2.75, 3.05) is 26.7 Å². The highest BCUT2D eigenvalue weighted by atomic mass is 32.2. The summed E-state index contributed by atoms with van der Waals surface area (Å²) in [5, 5.41) is 0. The fraction of sp³-hybridized carbons (Fsp3) is 0.682. The SMILES string of the molecule is COc1ccc2c(c1)[C@@H](N[S@+]([O-])C(C)(C)C)C1(CCN(C[C](C)C)CC1)C2. The lowest BCUT2D eigenvalue weighted by Gasteiger charge is -2.44. The van der Waals surface area contributed by atoms with E-state index < -0.39 is 11.4 Å². The standard InChI is InChI=1S/C22H35N2O2S/c1-16(2)15-24-11-9-22(10-12-24)14-17-7-8-18(26-6)13-19(17)20(22)23-27(25)21(3,4)5/h7-8,13,20,23H,9-12,14-15H2,1-6H3/t20-,27-/m1/s1. The predicted molar refractivity (Wildman–Crippen MR) is 113 cm³/mol. The second-order valence-corrected chi connectivity index (χ2v) is 11.5. The van der Waals surface area contributed by atoms with Gasteiger partial charge in [-0.1, -0.05) is 19.9 Å². The number of hydrogen-bond donors (Lipinski definition) is 1. The van der Waals surface area contributed by atoms with Gasteiger partial charge < -0.3 is 14.2 Å². The summed E-state index contributed by atoms with van der Waals surface area (Å²) in [5.74, 6) is 2.35. The molecular formula is C22H35N2O2S. The van der Waals surface area contributed by atoms with Gasteiger partial charge in [-0.15, -0.1) is 4.72 Å². The second-order valence-electron chi connectivity index (χ2n) is 9.52. The molecule has 1 radical (unpaired) electrons. The molecule has 0 unspecified atom stereocenters. The third-order valence-electron chi connectivity index (χ3n) is 5.99. The van der Waals surface area contributed by atoms with Gasteiger partial charge in [0, 0.05) is 23.3 Å². The third kappa shape index (κ3) is 4.47. The van der Waals surface area contributed by atoms with Crippen LogP contribution in [0.2, 0.25) is 0 Å². The largest absolute Gasteiger partial charge is 0.598 e. The molecule has 1 aromatic rings. The van der Waals surface area contributed by atoms with Gasteiger partial charge in [-0.05, 0) is 82.3 Å². The van der Waals surface area contributed by atoms with Crippen molar-refractivity contribution >= 4 is 11.4 Å². The average Bonchev–Trinajstić information content (AvgIpc) is 2.88. The normalized spacial score (nSPS) is 23.6. The number of fused-ring (bicyclic) bond motifs is 1. The van der Waals surface area contributed by atoms with E-state index in [9.17, 15) is 4.55 Å². The lowest BCUT2D eigenvalue weighted by atomic mass is 9.73. The zero-order valence-corrected chi connectivity index (χ0v) is 18.5. The lowest BCUT2D eigenvalue weighted by molar-refractivity contribution is 0.0868. The van der Waals surface area contributed by atoms with E-state index in [1.807, 2.05) is 20.8 Å². The molecule has 1 heterocycles. The van der Waals surface area contributed by atoms with Crippen molar-refractivity contribution in [3.63, 3.8) is 0 Å². The molecule has 1 aromatic carbocycles. The van der Waals surface area contributed by atoms with Crippen molar-refractivity contribution in [1.29, 1.82) is 0 Å². The van der Waals surface area contributed by atoms with Crippen molar-refractivity contribution in [3.05, 3.63) is 35.2 Å². The molecule has 3 rings (SSSR count). The van der Waals surface area contributed by atoms with E-state index in [1.54, 1.807) is 7.11 Å². The lowest BCUT2D eigenvalue weighted by Crippen LogP contribution is -2.50. The van der Waals surface area contributed by atoms with Crippen LogP contribution < -0.4 is 9.46 Å². The van der Waals surface area contributed by atoms with E-state index in [2.05, 4.69) is 41.7 Å². The molecule has 0 bridgehead atoms. The molecule has 5 heteroatoms. The summed E-state index contributed by atoms with van der Waals surface area (Å²) in [6.07, 6.45) is 3.33. The molecule has 1 saturated heterocycles. The fourth-order valence-corrected chi connectivity index (χ4v) is 5.43. The van der Waals surface area contributed by atoms with Crippen LogP contribution in [-0.2, 0) is 17.8 Å². The summed E-state index contributed by atoms with van der Waals surface area (Å²) in [6.45, 7) is 13.8. The zero-order valence-electron chi connectivity index (χ0n) is 17.7. The van der Waals surface area contributed by atoms with E-state index >= 15 is 0 Å². The Balaban J connectivity index is 1.87. The van der Waals surface area contributed by atoms with Gasteiger partial charge in [-0.2, -0.15) is 0 Å². The predicted octanol–water partition coefficient (Wildman–Crippen LogP) is 4.04. The van der Waals surface area contributed by atoms with Crippen LogP contribution in [0.1, 0.15) is 64.6 Å². The maximum absolute atomic E-state index is 13.0. The van der Waals surface area contributed by atoms with Gasteiger partial charge >= 0.3 is 0 Å². The van der Waals surface area contributed by atoms with Crippen molar-refractivity contribution in [3.8, 4) is 5.75 Å². The average molecular weight is 392 g/mol. The molecule has 1 aliphatic heterocycles. The Bertz CT molecular complexity index is 648.